The predicted molar refractivity (Wildman–Crippen MR) is 82.9 cm³/mol. The lowest BCUT2D eigenvalue weighted by molar-refractivity contribution is 0.0905. The van der Waals surface area contributed by atoms with Crippen LogP contribution in [0.3, 0.4) is 0 Å². The van der Waals surface area contributed by atoms with Gasteiger partial charge in [0.15, 0.2) is 5.84 Å². The van der Waals surface area contributed by atoms with Gasteiger partial charge in [0.1, 0.15) is 5.54 Å². The summed E-state index contributed by atoms with van der Waals surface area (Å²) >= 11 is 6.06. The lowest BCUT2D eigenvalue weighted by Crippen LogP contribution is -2.58. The van der Waals surface area contributed by atoms with Gasteiger partial charge < -0.3 is 16.3 Å². The number of benzene rings is 1. The number of nitrogens with two attached hydrogens (primary N) is 1. The third-order valence-corrected chi connectivity index (χ3v) is 4.50. The summed E-state index contributed by atoms with van der Waals surface area (Å²) in [5.74, 6) is -0.195. The van der Waals surface area contributed by atoms with E-state index < -0.39 is 5.54 Å². The van der Waals surface area contributed by atoms with Gasteiger partial charge in [-0.05, 0) is 37.5 Å². The molecule has 2 rings (SSSR count). The van der Waals surface area contributed by atoms with Crippen molar-refractivity contribution in [2.75, 3.05) is 0 Å². The fourth-order valence-corrected chi connectivity index (χ4v) is 2.90. The molecule has 1 aromatic rings. The summed E-state index contributed by atoms with van der Waals surface area (Å²) in [4.78, 5) is 12.4. The number of carbonyl (C=O) groups excluding carboxylic acids is 1. The zero-order valence-electron chi connectivity index (χ0n) is 12.0. The van der Waals surface area contributed by atoms with Crippen LogP contribution in [-0.4, -0.2) is 22.5 Å². The van der Waals surface area contributed by atoms with Crippen molar-refractivity contribution in [2.45, 2.75) is 44.6 Å². The Balaban J connectivity index is 2.23. The number of amides is 1. The SMILES string of the molecule is Cc1ccc(C(=O)NC2(C(N)=NO)CCCCC2)cc1Cl. The van der Waals surface area contributed by atoms with E-state index in [2.05, 4.69) is 10.5 Å². The second-order valence-electron chi connectivity index (χ2n) is 5.55. The smallest absolute Gasteiger partial charge is 0.252 e. The molecule has 1 saturated carbocycles. The van der Waals surface area contributed by atoms with Crippen molar-refractivity contribution >= 4 is 23.3 Å². The van der Waals surface area contributed by atoms with Crippen molar-refractivity contribution in [2.24, 2.45) is 10.9 Å². The number of halogens is 1. The molecule has 0 unspecified atom stereocenters. The third-order valence-electron chi connectivity index (χ3n) is 4.09. The molecule has 5 nitrogen and oxygen atoms in total. The molecule has 0 radical (unpaired) electrons. The highest BCUT2D eigenvalue weighted by Crippen LogP contribution is 2.29. The number of hydrogen-bond acceptors (Lipinski definition) is 3. The summed E-state index contributed by atoms with van der Waals surface area (Å²) in [5, 5.41) is 15.6. The van der Waals surface area contributed by atoms with E-state index in [0.717, 1.165) is 24.8 Å². The highest BCUT2D eigenvalue weighted by molar-refractivity contribution is 6.31. The van der Waals surface area contributed by atoms with Gasteiger partial charge in [-0.15, -0.1) is 0 Å². The topological polar surface area (TPSA) is 87.7 Å². The first kappa shape index (κ1) is 15.6. The number of nitrogens with one attached hydrogen (secondary N) is 1. The van der Waals surface area contributed by atoms with Crippen molar-refractivity contribution in [1.29, 1.82) is 0 Å². The minimum absolute atomic E-state index is 0.0637. The molecule has 0 saturated heterocycles. The van der Waals surface area contributed by atoms with Crippen molar-refractivity contribution in [1.82, 2.24) is 5.32 Å². The zero-order valence-corrected chi connectivity index (χ0v) is 12.8. The normalized spacial score (nSPS) is 18.3. The van der Waals surface area contributed by atoms with Crippen LogP contribution < -0.4 is 11.1 Å². The first-order valence-corrected chi connectivity index (χ1v) is 7.43. The van der Waals surface area contributed by atoms with E-state index in [1.807, 2.05) is 6.92 Å². The van der Waals surface area contributed by atoms with Crippen molar-refractivity contribution in [3.05, 3.63) is 34.3 Å². The quantitative estimate of drug-likeness (QED) is 0.347. The number of aryl methyl sites for hydroxylation is 1. The minimum Gasteiger partial charge on any atom is -0.409 e. The Morgan fingerprint density at radius 3 is 2.62 bits per heavy atom. The highest BCUT2D eigenvalue weighted by Gasteiger charge is 2.38. The van der Waals surface area contributed by atoms with Crippen molar-refractivity contribution in [3.63, 3.8) is 0 Å². The Morgan fingerprint density at radius 2 is 2.05 bits per heavy atom. The molecule has 114 valence electrons. The molecule has 0 aliphatic heterocycles. The van der Waals surface area contributed by atoms with Gasteiger partial charge in [0.2, 0.25) is 0 Å². The lowest BCUT2D eigenvalue weighted by Gasteiger charge is -2.36. The molecule has 1 amide bonds. The Bertz CT molecular complexity index is 566. The van der Waals surface area contributed by atoms with Crippen LogP contribution in [0.4, 0.5) is 0 Å². The van der Waals surface area contributed by atoms with Gasteiger partial charge in [-0.3, -0.25) is 4.79 Å². The average Bonchev–Trinajstić information content (AvgIpc) is 2.50. The zero-order chi connectivity index (χ0) is 15.5. The number of carbonyl (C=O) groups is 1. The van der Waals surface area contributed by atoms with E-state index >= 15 is 0 Å². The summed E-state index contributed by atoms with van der Waals surface area (Å²) < 4.78 is 0. The standard InChI is InChI=1S/C15H20ClN3O2/c1-10-5-6-11(9-12(10)16)13(20)18-15(14(17)19-21)7-3-2-4-8-15/h5-6,9,21H,2-4,7-8H2,1H3,(H2,17,19)(H,18,20). The maximum absolute atomic E-state index is 12.4. The van der Waals surface area contributed by atoms with E-state index in [4.69, 9.17) is 22.5 Å². The Morgan fingerprint density at radius 1 is 1.38 bits per heavy atom. The van der Waals surface area contributed by atoms with Gasteiger partial charge in [-0.25, -0.2) is 0 Å². The van der Waals surface area contributed by atoms with Crippen molar-refractivity contribution < 1.29 is 10.0 Å². The fraction of sp³-hybridized carbons (Fsp3) is 0.467. The van der Waals surface area contributed by atoms with E-state index in [0.29, 0.717) is 23.4 Å². The Kier molecular flexibility index (Phi) is 4.73. The Hall–Kier alpha value is -1.75. The maximum Gasteiger partial charge on any atom is 0.252 e. The molecule has 6 heteroatoms. The molecule has 0 atom stereocenters. The molecule has 0 bridgehead atoms. The lowest BCUT2D eigenvalue weighted by atomic mass is 9.80. The molecule has 1 aromatic carbocycles. The molecule has 0 heterocycles. The average molecular weight is 310 g/mol. The molecule has 21 heavy (non-hydrogen) atoms. The summed E-state index contributed by atoms with van der Waals surface area (Å²) in [6.07, 6.45) is 4.31. The molecular weight excluding hydrogens is 290 g/mol. The van der Waals surface area contributed by atoms with Crippen LogP contribution in [-0.2, 0) is 0 Å². The largest absolute Gasteiger partial charge is 0.409 e. The van der Waals surface area contributed by atoms with E-state index in [1.54, 1.807) is 18.2 Å². The molecule has 0 spiro atoms. The summed E-state index contributed by atoms with van der Waals surface area (Å²) in [7, 11) is 0. The molecule has 1 fully saturated rings. The van der Waals surface area contributed by atoms with Crippen LogP contribution in [0.1, 0.15) is 48.0 Å². The molecular formula is C15H20ClN3O2. The number of rotatable bonds is 3. The van der Waals surface area contributed by atoms with Gasteiger partial charge in [0.25, 0.3) is 5.91 Å². The van der Waals surface area contributed by atoms with Crippen LogP contribution in [0.2, 0.25) is 5.02 Å². The summed E-state index contributed by atoms with van der Waals surface area (Å²) in [5.41, 5.74) is 6.45. The van der Waals surface area contributed by atoms with Gasteiger partial charge in [0.05, 0.1) is 0 Å². The minimum atomic E-state index is -0.762. The van der Waals surface area contributed by atoms with Crippen LogP contribution in [0.25, 0.3) is 0 Å². The summed E-state index contributed by atoms with van der Waals surface area (Å²) in [6.45, 7) is 1.88. The van der Waals surface area contributed by atoms with Crippen LogP contribution in [0, 0.1) is 6.92 Å². The molecule has 1 aliphatic rings. The number of oxime groups is 1. The molecule has 0 aromatic heterocycles. The number of nitrogens with zero attached hydrogens (tertiary/aromatic N) is 1. The first-order chi connectivity index (χ1) is 9.98. The van der Waals surface area contributed by atoms with Gasteiger partial charge >= 0.3 is 0 Å². The monoisotopic (exact) mass is 309 g/mol. The second kappa shape index (κ2) is 6.35. The van der Waals surface area contributed by atoms with Crippen LogP contribution >= 0.6 is 11.6 Å². The van der Waals surface area contributed by atoms with Crippen LogP contribution in [0.5, 0.6) is 0 Å². The van der Waals surface area contributed by atoms with E-state index in [1.165, 1.54) is 0 Å². The number of hydrogen-bond donors (Lipinski definition) is 3. The fourth-order valence-electron chi connectivity index (χ4n) is 2.72. The highest BCUT2D eigenvalue weighted by atomic mass is 35.5. The first-order valence-electron chi connectivity index (χ1n) is 7.05. The third kappa shape index (κ3) is 3.29. The Labute approximate surface area is 129 Å². The number of amidine groups is 1. The molecule has 4 N–H and O–H groups in total. The predicted octanol–water partition coefficient (Wildman–Crippen LogP) is 2.83. The van der Waals surface area contributed by atoms with E-state index in [-0.39, 0.29) is 11.7 Å². The van der Waals surface area contributed by atoms with Crippen LogP contribution in [0.15, 0.2) is 23.4 Å². The van der Waals surface area contributed by atoms with Gasteiger partial charge in [-0.2, -0.15) is 0 Å². The van der Waals surface area contributed by atoms with Gasteiger partial charge in [-0.1, -0.05) is 42.1 Å². The molecule has 1 aliphatic carbocycles. The van der Waals surface area contributed by atoms with Gasteiger partial charge in [0, 0.05) is 10.6 Å². The maximum atomic E-state index is 12.4. The van der Waals surface area contributed by atoms with Crippen molar-refractivity contribution in [3.8, 4) is 0 Å². The summed E-state index contributed by atoms with van der Waals surface area (Å²) in [6, 6.07) is 5.16. The van der Waals surface area contributed by atoms with E-state index in [9.17, 15) is 4.79 Å². The second-order valence-corrected chi connectivity index (χ2v) is 5.95.